The van der Waals surface area contributed by atoms with Crippen LogP contribution in [0.15, 0.2) is 54.6 Å². The summed E-state index contributed by atoms with van der Waals surface area (Å²) in [6.07, 6.45) is 1.29. The normalized spacial score (nSPS) is 9.88. The fourth-order valence-electron chi connectivity index (χ4n) is 1.67. The van der Waals surface area contributed by atoms with E-state index in [1.165, 1.54) is 0 Å². The van der Waals surface area contributed by atoms with Gasteiger partial charge in [0, 0.05) is 12.0 Å². The maximum atomic E-state index is 10.3. The highest BCUT2D eigenvalue weighted by Gasteiger charge is 2.04. The van der Waals surface area contributed by atoms with Crippen LogP contribution < -0.4 is 4.74 Å². The second-order valence-corrected chi connectivity index (χ2v) is 3.67. The van der Waals surface area contributed by atoms with Crippen LogP contribution in [0.1, 0.15) is 6.42 Å². The molecule has 0 spiro atoms. The molecule has 86 valence electrons. The van der Waals surface area contributed by atoms with Gasteiger partial charge < -0.3 is 9.53 Å². The first kappa shape index (κ1) is 11.4. The van der Waals surface area contributed by atoms with Crippen molar-refractivity contribution in [1.82, 2.24) is 0 Å². The van der Waals surface area contributed by atoms with Gasteiger partial charge in [-0.05, 0) is 11.6 Å². The van der Waals surface area contributed by atoms with Gasteiger partial charge in [0.15, 0.2) is 0 Å². The van der Waals surface area contributed by atoms with Gasteiger partial charge in [-0.1, -0.05) is 48.5 Å². The van der Waals surface area contributed by atoms with Gasteiger partial charge >= 0.3 is 0 Å². The Bertz CT molecular complexity index is 477. The summed E-state index contributed by atoms with van der Waals surface area (Å²) in [6.45, 7) is 0.424. The minimum atomic E-state index is 0.420. The van der Waals surface area contributed by atoms with E-state index in [0.717, 1.165) is 23.2 Å². The molecule has 0 heterocycles. The first-order chi connectivity index (χ1) is 8.42. The summed E-state index contributed by atoms with van der Waals surface area (Å²) in [4.78, 5) is 10.3. The van der Waals surface area contributed by atoms with Gasteiger partial charge in [-0.25, -0.2) is 0 Å². The average Bonchev–Trinajstić information content (AvgIpc) is 2.41. The van der Waals surface area contributed by atoms with Gasteiger partial charge in [0.2, 0.25) is 0 Å². The van der Waals surface area contributed by atoms with Crippen molar-refractivity contribution in [3.8, 4) is 16.9 Å². The molecule has 2 nitrogen and oxygen atoms in total. The maximum absolute atomic E-state index is 10.3. The van der Waals surface area contributed by atoms with Crippen LogP contribution in [0.5, 0.6) is 5.75 Å². The smallest absolute Gasteiger partial charge is 0.127 e. The van der Waals surface area contributed by atoms with Gasteiger partial charge in [-0.2, -0.15) is 0 Å². The van der Waals surface area contributed by atoms with Crippen molar-refractivity contribution >= 4 is 6.29 Å². The molecule has 0 bridgehead atoms. The van der Waals surface area contributed by atoms with E-state index in [0.29, 0.717) is 13.0 Å². The van der Waals surface area contributed by atoms with Crippen molar-refractivity contribution in [2.24, 2.45) is 0 Å². The molecule has 0 aromatic heterocycles. The average molecular weight is 226 g/mol. The number of benzene rings is 2. The van der Waals surface area contributed by atoms with Crippen LogP contribution in [-0.4, -0.2) is 12.9 Å². The summed E-state index contributed by atoms with van der Waals surface area (Å²) in [6, 6.07) is 17.9. The highest BCUT2D eigenvalue weighted by Crippen LogP contribution is 2.29. The summed E-state index contributed by atoms with van der Waals surface area (Å²) >= 11 is 0. The van der Waals surface area contributed by atoms with Gasteiger partial charge in [0.1, 0.15) is 12.0 Å². The Labute approximate surface area is 101 Å². The van der Waals surface area contributed by atoms with E-state index in [9.17, 15) is 4.79 Å². The lowest BCUT2D eigenvalue weighted by Gasteiger charge is -2.10. The molecule has 17 heavy (non-hydrogen) atoms. The predicted molar refractivity (Wildman–Crippen MR) is 68.1 cm³/mol. The number of ether oxygens (including phenoxy) is 1. The summed E-state index contributed by atoms with van der Waals surface area (Å²) in [7, 11) is 0. The molecular weight excluding hydrogens is 212 g/mol. The molecule has 0 aliphatic rings. The SMILES string of the molecule is O=CCCOc1ccccc1-c1ccccc1. The molecule has 0 fully saturated rings. The van der Waals surface area contributed by atoms with E-state index >= 15 is 0 Å². The molecule has 0 radical (unpaired) electrons. The largest absolute Gasteiger partial charge is 0.492 e. The fourth-order valence-corrected chi connectivity index (χ4v) is 1.67. The number of para-hydroxylation sites is 1. The molecule has 0 aliphatic heterocycles. The summed E-state index contributed by atoms with van der Waals surface area (Å²) < 4.78 is 5.60. The van der Waals surface area contributed by atoms with E-state index in [4.69, 9.17) is 4.74 Å². The number of hydrogen-bond acceptors (Lipinski definition) is 2. The van der Waals surface area contributed by atoms with Crippen LogP contribution in [0.4, 0.5) is 0 Å². The molecule has 2 rings (SSSR count). The molecule has 0 unspecified atom stereocenters. The molecule has 0 N–H and O–H groups in total. The molecule has 2 heteroatoms. The van der Waals surface area contributed by atoms with Crippen molar-refractivity contribution in [1.29, 1.82) is 0 Å². The lowest BCUT2D eigenvalue weighted by molar-refractivity contribution is -0.108. The van der Waals surface area contributed by atoms with Crippen molar-refractivity contribution in [2.75, 3.05) is 6.61 Å². The van der Waals surface area contributed by atoms with Crippen LogP contribution in [0, 0.1) is 0 Å². The zero-order chi connectivity index (χ0) is 11.9. The Morgan fingerprint density at radius 1 is 0.941 bits per heavy atom. The Morgan fingerprint density at radius 3 is 2.41 bits per heavy atom. The number of hydrogen-bond donors (Lipinski definition) is 0. The van der Waals surface area contributed by atoms with Crippen molar-refractivity contribution in [3.05, 3.63) is 54.6 Å². The molecule has 2 aromatic carbocycles. The summed E-state index contributed by atoms with van der Waals surface area (Å²) in [5.74, 6) is 0.820. The first-order valence-corrected chi connectivity index (χ1v) is 5.62. The number of rotatable bonds is 5. The predicted octanol–water partition coefficient (Wildman–Crippen LogP) is 3.32. The Hall–Kier alpha value is -2.09. The van der Waals surface area contributed by atoms with Crippen LogP contribution in [-0.2, 0) is 4.79 Å². The molecule has 0 amide bonds. The second kappa shape index (κ2) is 5.85. The molecule has 2 aromatic rings. The van der Waals surface area contributed by atoms with Crippen molar-refractivity contribution in [3.63, 3.8) is 0 Å². The van der Waals surface area contributed by atoms with Gasteiger partial charge in [-0.3, -0.25) is 0 Å². The second-order valence-electron chi connectivity index (χ2n) is 3.67. The van der Waals surface area contributed by atoms with Crippen LogP contribution in [0.2, 0.25) is 0 Å². The third-order valence-corrected chi connectivity index (χ3v) is 2.47. The Morgan fingerprint density at radius 2 is 1.65 bits per heavy atom. The zero-order valence-electron chi connectivity index (χ0n) is 9.50. The van der Waals surface area contributed by atoms with E-state index in [1.54, 1.807) is 0 Å². The molecule has 0 saturated carbocycles. The minimum absolute atomic E-state index is 0.420. The highest BCUT2D eigenvalue weighted by molar-refractivity contribution is 5.70. The number of aldehydes is 1. The molecule has 0 saturated heterocycles. The number of carbonyl (C=O) groups is 1. The summed E-state index contributed by atoms with van der Waals surface area (Å²) in [5, 5.41) is 0. The topological polar surface area (TPSA) is 26.3 Å². The number of carbonyl (C=O) groups excluding carboxylic acids is 1. The highest BCUT2D eigenvalue weighted by atomic mass is 16.5. The maximum Gasteiger partial charge on any atom is 0.127 e. The minimum Gasteiger partial charge on any atom is -0.492 e. The van der Waals surface area contributed by atoms with Crippen LogP contribution in [0.25, 0.3) is 11.1 Å². The lowest BCUT2D eigenvalue weighted by Crippen LogP contribution is -1.98. The Balaban J connectivity index is 2.25. The molecule has 0 aliphatic carbocycles. The first-order valence-electron chi connectivity index (χ1n) is 5.62. The quantitative estimate of drug-likeness (QED) is 0.577. The monoisotopic (exact) mass is 226 g/mol. The van der Waals surface area contributed by atoms with E-state index in [-0.39, 0.29) is 0 Å². The van der Waals surface area contributed by atoms with Crippen LogP contribution in [0.3, 0.4) is 0 Å². The molecular formula is C15H14O2. The van der Waals surface area contributed by atoms with E-state index in [1.807, 2.05) is 54.6 Å². The third-order valence-electron chi connectivity index (χ3n) is 2.47. The van der Waals surface area contributed by atoms with Crippen LogP contribution >= 0.6 is 0 Å². The molecule has 0 atom stereocenters. The van der Waals surface area contributed by atoms with Gasteiger partial charge in [0.25, 0.3) is 0 Å². The van der Waals surface area contributed by atoms with E-state index < -0.39 is 0 Å². The van der Waals surface area contributed by atoms with E-state index in [2.05, 4.69) is 0 Å². The van der Waals surface area contributed by atoms with Crippen molar-refractivity contribution < 1.29 is 9.53 Å². The summed E-state index contributed by atoms with van der Waals surface area (Å²) in [5.41, 5.74) is 2.17. The third kappa shape index (κ3) is 2.94. The lowest BCUT2D eigenvalue weighted by atomic mass is 10.1. The van der Waals surface area contributed by atoms with Crippen molar-refractivity contribution in [2.45, 2.75) is 6.42 Å². The van der Waals surface area contributed by atoms with Gasteiger partial charge in [-0.15, -0.1) is 0 Å². The zero-order valence-corrected chi connectivity index (χ0v) is 9.50. The fraction of sp³-hybridized carbons (Fsp3) is 0.133. The standard InChI is InChI=1S/C15H14O2/c16-11-6-12-17-15-10-5-4-9-14(15)13-7-2-1-3-8-13/h1-5,7-11H,6,12H2. The Kier molecular flexibility index (Phi) is 3.92. The van der Waals surface area contributed by atoms with Gasteiger partial charge in [0.05, 0.1) is 6.61 Å².